The van der Waals surface area contributed by atoms with Crippen LogP contribution in [0, 0.1) is 0 Å². The number of fused-ring (bicyclic) bond motifs is 1. The second kappa shape index (κ2) is 5.80. The summed E-state index contributed by atoms with van der Waals surface area (Å²) in [5, 5.41) is 3.63. The van der Waals surface area contributed by atoms with E-state index in [1.807, 2.05) is 12.1 Å². The van der Waals surface area contributed by atoms with Crippen molar-refractivity contribution in [3.63, 3.8) is 0 Å². The first-order valence-electron chi connectivity index (χ1n) is 7.74. The van der Waals surface area contributed by atoms with Gasteiger partial charge in [-0.05, 0) is 53.6 Å². The lowest BCUT2D eigenvalue weighted by atomic mass is 9.95. The lowest BCUT2D eigenvalue weighted by Gasteiger charge is -2.12. The Hall–Kier alpha value is -1.96. The molecule has 0 saturated heterocycles. The van der Waals surface area contributed by atoms with E-state index in [2.05, 4.69) is 49.5 Å². The number of hydrogen-bond donors (Lipinski definition) is 1. The summed E-state index contributed by atoms with van der Waals surface area (Å²) in [7, 11) is 1.70. The fraction of sp³-hybridized carbons (Fsp3) is 0.368. The second-order valence-electron chi connectivity index (χ2n) is 5.90. The van der Waals surface area contributed by atoms with Crippen molar-refractivity contribution < 1.29 is 4.74 Å². The Bertz CT molecular complexity index is 618. The molecule has 0 fully saturated rings. The number of ether oxygens (including phenoxy) is 1. The Morgan fingerprint density at radius 1 is 1.19 bits per heavy atom. The molecule has 110 valence electrons. The third-order valence-electron chi connectivity index (χ3n) is 4.58. The molecule has 1 N–H and O–H groups in total. The molecule has 2 atom stereocenters. The van der Waals surface area contributed by atoms with Gasteiger partial charge in [-0.25, -0.2) is 0 Å². The fourth-order valence-corrected chi connectivity index (χ4v) is 2.96. The number of rotatable bonds is 4. The van der Waals surface area contributed by atoms with Crippen LogP contribution in [0.2, 0.25) is 0 Å². The minimum Gasteiger partial charge on any atom is -0.497 e. The van der Waals surface area contributed by atoms with Crippen molar-refractivity contribution in [2.45, 2.75) is 38.6 Å². The minimum absolute atomic E-state index is 0.373. The van der Waals surface area contributed by atoms with Gasteiger partial charge in [0.25, 0.3) is 0 Å². The first-order valence-corrected chi connectivity index (χ1v) is 7.74. The number of benzene rings is 2. The molecule has 1 aliphatic heterocycles. The monoisotopic (exact) mass is 281 g/mol. The quantitative estimate of drug-likeness (QED) is 0.859. The maximum absolute atomic E-state index is 5.23. The molecule has 0 spiro atoms. The maximum Gasteiger partial charge on any atom is 0.118 e. The summed E-state index contributed by atoms with van der Waals surface area (Å²) in [6, 6.07) is 15.6. The van der Waals surface area contributed by atoms with Gasteiger partial charge in [0, 0.05) is 5.69 Å². The van der Waals surface area contributed by atoms with E-state index >= 15 is 0 Å². The Morgan fingerprint density at radius 3 is 2.62 bits per heavy atom. The second-order valence-corrected chi connectivity index (χ2v) is 5.90. The summed E-state index contributed by atoms with van der Waals surface area (Å²) in [5.41, 5.74) is 5.49. The normalized spacial score (nSPS) is 18.0. The van der Waals surface area contributed by atoms with Crippen molar-refractivity contribution in [3.8, 4) is 5.75 Å². The molecule has 2 aromatic carbocycles. The summed E-state index contributed by atoms with van der Waals surface area (Å²) in [6.45, 7) is 4.54. The molecule has 1 heterocycles. The van der Waals surface area contributed by atoms with Crippen LogP contribution in [0.1, 0.15) is 48.9 Å². The lowest BCUT2D eigenvalue weighted by Crippen LogP contribution is -2.05. The first kappa shape index (κ1) is 14.0. The molecule has 2 unspecified atom stereocenters. The summed E-state index contributed by atoms with van der Waals surface area (Å²) in [6.07, 6.45) is 2.25. The SMILES string of the molecule is CCC(C)c1ccc2c(c1)CC(c1ccc(OC)cc1)N2. The molecule has 0 amide bonds. The highest BCUT2D eigenvalue weighted by Gasteiger charge is 2.22. The van der Waals surface area contributed by atoms with Crippen LogP contribution in [0.25, 0.3) is 0 Å². The average Bonchev–Trinajstić information content (AvgIpc) is 2.97. The van der Waals surface area contributed by atoms with E-state index < -0.39 is 0 Å². The molecule has 0 saturated carbocycles. The molecule has 2 aromatic rings. The Kier molecular flexibility index (Phi) is 3.87. The van der Waals surface area contributed by atoms with Gasteiger partial charge in [-0.2, -0.15) is 0 Å². The van der Waals surface area contributed by atoms with E-state index in [4.69, 9.17) is 4.74 Å². The zero-order chi connectivity index (χ0) is 14.8. The molecule has 3 rings (SSSR count). The van der Waals surface area contributed by atoms with E-state index in [9.17, 15) is 0 Å². The van der Waals surface area contributed by atoms with Gasteiger partial charge in [0.2, 0.25) is 0 Å². The maximum atomic E-state index is 5.23. The van der Waals surface area contributed by atoms with Gasteiger partial charge in [0.1, 0.15) is 5.75 Å². The zero-order valence-electron chi connectivity index (χ0n) is 13.0. The van der Waals surface area contributed by atoms with Gasteiger partial charge in [0.15, 0.2) is 0 Å². The molecule has 21 heavy (non-hydrogen) atoms. The molecule has 0 aliphatic carbocycles. The molecular weight excluding hydrogens is 258 g/mol. The van der Waals surface area contributed by atoms with Crippen LogP contribution >= 0.6 is 0 Å². The van der Waals surface area contributed by atoms with Crippen LogP contribution in [0.15, 0.2) is 42.5 Å². The van der Waals surface area contributed by atoms with Gasteiger partial charge in [-0.1, -0.05) is 38.1 Å². The molecule has 0 radical (unpaired) electrons. The van der Waals surface area contributed by atoms with Gasteiger partial charge < -0.3 is 10.1 Å². The van der Waals surface area contributed by atoms with E-state index in [0.717, 1.165) is 12.2 Å². The third-order valence-corrected chi connectivity index (χ3v) is 4.58. The molecule has 0 aromatic heterocycles. The third kappa shape index (κ3) is 2.76. The van der Waals surface area contributed by atoms with Crippen molar-refractivity contribution in [3.05, 3.63) is 59.2 Å². The summed E-state index contributed by atoms with van der Waals surface area (Å²) in [5.74, 6) is 1.55. The van der Waals surface area contributed by atoms with E-state index in [-0.39, 0.29) is 0 Å². The zero-order valence-corrected chi connectivity index (χ0v) is 13.0. The number of anilines is 1. The minimum atomic E-state index is 0.373. The van der Waals surface area contributed by atoms with Crippen LogP contribution < -0.4 is 10.1 Å². The number of nitrogens with one attached hydrogen (secondary N) is 1. The van der Waals surface area contributed by atoms with Gasteiger partial charge in [-0.15, -0.1) is 0 Å². The van der Waals surface area contributed by atoms with Gasteiger partial charge in [-0.3, -0.25) is 0 Å². The average molecular weight is 281 g/mol. The Morgan fingerprint density at radius 2 is 1.95 bits per heavy atom. The number of methoxy groups -OCH3 is 1. The van der Waals surface area contributed by atoms with Gasteiger partial charge in [0.05, 0.1) is 13.2 Å². The van der Waals surface area contributed by atoms with E-state index in [1.165, 1.54) is 28.8 Å². The Labute approximate surface area is 127 Å². The van der Waals surface area contributed by atoms with Crippen LogP contribution in [-0.2, 0) is 6.42 Å². The Balaban J connectivity index is 1.80. The molecule has 2 heteroatoms. The highest BCUT2D eigenvalue weighted by Crippen LogP contribution is 2.36. The van der Waals surface area contributed by atoms with E-state index in [0.29, 0.717) is 12.0 Å². The predicted molar refractivity (Wildman–Crippen MR) is 88.2 cm³/mol. The molecular formula is C19H23NO. The predicted octanol–water partition coefficient (Wildman–Crippen LogP) is 4.92. The lowest BCUT2D eigenvalue weighted by molar-refractivity contribution is 0.414. The molecule has 1 aliphatic rings. The smallest absolute Gasteiger partial charge is 0.118 e. The molecule has 0 bridgehead atoms. The van der Waals surface area contributed by atoms with Crippen molar-refractivity contribution >= 4 is 5.69 Å². The first-order chi connectivity index (χ1) is 10.2. The van der Waals surface area contributed by atoms with Crippen LogP contribution in [0.4, 0.5) is 5.69 Å². The van der Waals surface area contributed by atoms with Crippen LogP contribution in [-0.4, -0.2) is 7.11 Å². The summed E-state index contributed by atoms with van der Waals surface area (Å²) >= 11 is 0. The van der Waals surface area contributed by atoms with Crippen LogP contribution in [0.3, 0.4) is 0 Å². The van der Waals surface area contributed by atoms with Gasteiger partial charge >= 0.3 is 0 Å². The largest absolute Gasteiger partial charge is 0.497 e. The summed E-state index contributed by atoms with van der Waals surface area (Å²) < 4.78 is 5.23. The molecule has 2 nitrogen and oxygen atoms in total. The summed E-state index contributed by atoms with van der Waals surface area (Å²) in [4.78, 5) is 0. The highest BCUT2D eigenvalue weighted by molar-refractivity contribution is 5.59. The fourth-order valence-electron chi connectivity index (χ4n) is 2.96. The topological polar surface area (TPSA) is 21.3 Å². The van der Waals surface area contributed by atoms with Crippen molar-refractivity contribution in [1.82, 2.24) is 0 Å². The highest BCUT2D eigenvalue weighted by atomic mass is 16.5. The standard InChI is InChI=1S/C19H23NO/c1-4-13(2)15-7-10-18-16(11-15)12-19(20-18)14-5-8-17(21-3)9-6-14/h5-11,13,19-20H,4,12H2,1-3H3. The van der Waals surface area contributed by atoms with Crippen molar-refractivity contribution in [2.75, 3.05) is 12.4 Å². The van der Waals surface area contributed by atoms with Crippen molar-refractivity contribution in [1.29, 1.82) is 0 Å². The van der Waals surface area contributed by atoms with Crippen molar-refractivity contribution in [2.24, 2.45) is 0 Å². The number of hydrogen-bond acceptors (Lipinski definition) is 2. The van der Waals surface area contributed by atoms with Crippen LogP contribution in [0.5, 0.6) is 5.75 Å². The van der Waals surface area contributed by atoms with E-state index in [1.54, 1.807) is 7.11 Å².